The van der Waals surface area contributed by atoms with Crippen molar-refractivity contribution in [1.29, 1.82) is 0 Å². The number of thioether (sulfide) groups is 1. The van der Waals surface area contributed by atoms with Crippen LogP contribution in [0.1, 0.15) is 50.3 Å². The summed E-state index contributed by atoms with van der Waals surface area (Å²) < 4.78 is 4.91. The predicted molar refractivity (Wildman–Crippen MR) is 109 cm³/mol. The van der Waals surface area contributed by atoms with E-state index in [0.717, 1.165) is 50.0 Å². The third-order valence-electron chi connectivity index (χ3n) is 4.10. The summed E-state index contributed by atoms with van der Waals surface area (Å²) in [6, 6.07) is 11.8. The lowest BCUT2D eigenvalue weighted by molar-refractivity contribution is -0.143. The molecule has 0 unspecified atom stereocenters. The van der Waals surface area contributed by atoms with Crippen molar-refractivity contribution in [2.75, 3.05) is 12.4 Å². The van der Waals surface area contributed by atoms with Crippen molar-refractivity contribution in [1.82, 2.24) is 9.97 Å². The second-order valence-electron chi connectivity index (χ2n) is 6.35. The number of aryl methyl sites for hydroxylation is 2. The van der Waals surface area contributed by atoms with Crippen molar-refractivity contribution in [2.24, 2.45) is 0 Å². The maximum atomic E-state index is 11.9. The Morgan fingerprint density at radius 1 is 1.11 bits per heavy atom. The molecule has 0 saturated carbocycles. The summed E-state index contributed by atoms with van der Waals surface area (Å²) in [6.45, 7) is 2.27. The van der Waals surface area contributed by atoms with Crippen molar-refractivity contribution in [3.8, 4) is 0 Å². The van der Waals surface area contributed by atoms with Gasteiger partial charge in [0, 0.05) is 23.9 Å². The highest BCUT2D eigenvalue weighted by Gasteiger charge is 2.04. The van der Waals surface area contributed by atoms with Gasteiger partial charge in [-0.3, -0.25) is 9.59 Å². The van der Waals surface area contributed by atoms with Gasteiger partial charge in [0.25, 0.3) is 5.56 Å². The normalized spacial score (nSPS) is 10.7. The fourth-order valence-corrected chi connectivity index (χ4v) is 3.62. The Labute approximate surface area is 165 Å². The van der Waals surface area contributed by atoms with Crippen LogP contribution in [0, 0.1) is 0 Å². The van der Waals surface area contributed by atoms with Gasteiger partial charge in [0.15, 0.2) is 5.16 Å². The molecule has 2 aromatic rings. The van der Waals surface area contributed by atoms with Crippen LogP contribution < -0.4 is 5.56 Å². The molecule has 0 atom stereocenters. The molecule has 146 valence electrons. The molecule has 0 bridgehead atoms. The van der Waals surface area contributed by atoms with Crippen molar-refractivity contribution >= 4 is 17.7 Å². The molecule has 1 N–H and O–H groups in total. The molecule has 5 nitrogen and oxygen atoms in total. The van der Waals surface area contributed by atoms with Gasteiger partial charge in [-0.2, -0.15) is 0 Å². The fourth-order valence-electron chi connectivity index (χ4n) is 2.72. The molecule has 6 heteroatoms. The number of aromatic amines is 1. The third-order valence-corrected chi connectivity index (χ3v) is 5.06. The van der Waals surface area contributed by atoms with E-state index >= 15 is 0 Å². The molecule has 0 aliphatic carbocycles. The molecule has 0 spiro atoms. The first-order chi connectivity index (χ1) is 13.2. The number of nitrogens with one attached hydrogen (secondary N) is 1. The summed E-state index contributed by atoms with van der Waals surface area (Å²) in [4.78, 5) is 30.5. The monoisotopic (exact) mass is 388 g/mol. The summed E-state index contributed by atoms with van der Waals surface area (Å²) in [5.74, 6) is 0.797. The summed E-state index contributed by atoms with van der Waals surface area (Å²) in [6.07, 6.45) is 6.11. The van der Waals surface area contributed by atoms with Gasteiger partial charge in [-0.1, -0.05) is 54.9 Å². The number of hydrogen-bond acceptors (Lipinski definition) is 5. The molecule has 0 fully saturated rings. The maximum Gasteiger partial charge on any atom is 0.305 e. The molecule has 2 rings (SSSR count). The number of benzene rings is 1. The molecule has 1 heterocycles. The lowest BCUT2D eigenvalue weighted by Gasteiger charge is -2.05. The van der Waals surface area contributed by atoms with Crippen molar-refractivity contribution in [2.45, 2.75) is 57.0 Å². The second kappa shape index (κ2) is 12.3. The zero-order chi connectivity index (χ0) is 19.3. The van der Waals surface area contributed by atoms with E-state index in [1.54, 1.807) is 17.8 Å². The predicted octanol–water partition coefficient (Wildman–Crippen LogP) is 4.16. The lowest BCUT2D eigenvalue weighted by Crippen LogP contribution is -2.10. The summed E-state index contributed by atoms with van der Waals surface area (Å²) in [5, 5.41) is 0.692. The van der Waals surface area contributed by atoms with Crippen molar-refractivity contribution in [3.05, 3.63) is 58.0 Å². The van der Waals surface area contributed by atoms with E-state index in [0.29, 0.717) is 18.2 Å². The van der Waals surface area contributed by atoms with E-state index in [1.165, 1.54) is 5.56 Å². The Morgan fingerprint density at radius 3 is 2.67 bits per heavy atom. The summed E-state index contributed by atoms with van der Waals surface area (Å²) in [5.41, 5.74) is 1.99. The van der Waals surface area contributed by atoms with Gasteiger partial charge in [-0.05, 0) is 38.2 Å². The molecule has 0 aliphatic heterocycles. The molecule has 1 aromatic carbocycles. The number of nitrogens with zero attached hydrogens (tertiary/aromatic N) is 1. The average Bonchev–Trinajstić information content (AvgIpc) is 2.66. The van der Waals surface area contributed by atoms with Crippen LogP contribution in [-0.4, -0.2) is 28.3 Å². The van der Waals surface area contributed by atoms with E-state index in [1.807, 2.05) is 25.1 Å². The molecule has 0 amide bonds. The Morgan fingerprint density at radius 2 is 1.89 bits per heavy atom. The largest absolute Gasteiger partial charge is 0.466 e. The van der Waals surface area contributed by atoms with Crippen LogP contribution in [0.3, 0.4) is 0 Å². The fraction of sp³-hybridized carbons (Fsp3) is 0.476. The number of unbranched alkanes of at least 4 members (excludes halogenated alkanes) is 3. The number of aromatic nitrogens is 2. The molecule has 0 saturated heterocycles. The van der Waals surface area contributed by atoms with Gasteiger partial charge < -0.3 is 9.72 Å². The molecular formula is C21H28N2O3S. The third kappa shape index (κ3) is 8.91. The number of carbonyl (C=O) groups excluding carboxylic acids is 1. The average molecular weight is 389 g/mol. The van der Waals surface area contributed by atoms with Gasteiger partial charge >= 0.3 is 5.97 Å². The first-order valence-corrected chi connectivity index (χ1v) is 10.6. The van der Waals surface area contributed by atoms with Crippen molar-refractivity contribution < 1.29 is 9.53 Å². The molecular weight excluding hydrogens is 360 g/mol. The topological polar surface area (TPSA) is 72.0 Å². The van der Waals surface area contributed by atoms with Crippen LogP contribution in [0.4, 0.5) is 0 Å². The highest BCUT2D eigenvalue weighted by Crippen LogP contribution is 2.16. The van der Waals surface area contributed by atoms with Crippen LogP contribution in [0.15, 0.2) is 46.3 Å². The second-order valence-corrected chi connectivity index (χ2v) is 7.43. The number of hydrogen-bond donors (Lipinski definition) is 1. The minimum absolute atomic E-state index is 0.0926. The van der Waals surface area contributed by atoms with Crippen LogP contribution >= 0.6 is 11.8 Å². The number of carbonyl (C=O) groups is 1. The minimum Gasteiger partial charge on any atom is -0.466 e. The lowest BCUT2D eigenvalue weighted by atomic mass is 10.1. The van der Waals surface area contributed by atoms with Crippen LogP contribution in [0.5, 0.6) is 0 Å². The van der Waals surface area contributed by atoms with E-state index in [2.05, 4.69) is 22.1 Å². The van der Waals surface area contributed by atoms with E-state index in [4.69, 9.17) is 4.74 Å². The SMILES string of the molecule is CCOC(=O)CCCCCCSc1nc(CCc2ccccc2)cc(=O)[nH]1. The Balaban J connectivity index is 1.68. The Bertz CT molecular complexity index is 747. The van der Waals surface area contributed by atoms with Gasteiger partial charge in [-0.25, -0.2) is 4.98 Å². The van der Waals surface area contributed by atoms with E-state index < -0.39 is 0 Å². The highest BCUT2D eigenvalue weighted by molar-refractivity contribution is 7.99. The first kappa shape index (κ1) is 21.2. The molecule has 27 heavy (non-hydrogen) atoms. The maximum absolute atomic E-state index is 11.9. The molecule has 0 radical (unpaired) electrons. The zero-order valence-electron chi connectivity index (χ0n) is 15.9. The van der Waals surface area contributed by atoms with Gasteiger partial charge in [0.05, 0.1) is 6.61 Å². The van der Waals surface area contributed by atoms with Crippen LogP contribution in [0.25, 0.3) is 0 Å². The zero-order valence-corrected chi connectivity index (χ0v) is 16.7. The van der Waals surface area contributed by atoms with Crippen LogP contribution in [-0.2, 0) is 22.4 Å². The van der Waals surface area contributed by atoms with Gasteiger partial charge in [0.2, 0.25) is 0 Å². The van der Waals surface area contributed by atoms with Crippen molar-refractivity contribution in [3.63, 3.8) is 0 Å². The molecule has 1 aromatic heterocycles. The standard InChI is InChI=1S/C21H28N2O3S/c1-2-26-20(25)12-8-3-4-9-15-27-21-22-18(16-19(24)23-21)14-13-17-10-6-5-7-11-17/h5-7,10-11,16H,2-4,8-9,12-15H2,1H3,(H,22,23,24). The molecule has 0 aliphatic rings. The highest BCUT2D eigenvalue weighted by atomic mass is 32.2. The number of H-pyrrole nitrogens is 1. The number of rotatable bonds is 12. The van der Waals surface area contributed by atoms with Gasteiger partial charge in [-0.15, -0.1) is 0 Å². The summed E-state index contributed by atoms with van der Waals surface area (Å²) >= 11 is 1.58. The summed E-state index contributed by atoms with van der Waals surface area (Å²) in [7, 11) is 0. The van der Waals surface area contributed by atoms with E-state index in [9.17, 15) is 9.59 Å². The smallest absolute Gasteiger partial charge is 0.305 e. The Kier molecular flexibility index (Phi) is 9.69. The van der Waals surface area contributed by atoms with Crippen LogP contribution in [0.2, 0.25) is 0 Å². The van der Waals surface area contributed by atoms with E-state index in [-0.39, 0.29) is 11.5 Å². The number of esters is 1. The quantitative estimate of drug-likeness (QED) is 0.256. The number of ether oxygens (including phenoxy) is 1. The first-order valence-electron chi connectivity index (χ1n) is 9.60. The minimum atomic E-state index is -0.110. The van der Waals surface area contributed by atoms with Gasteiger partial charge in [0.1, 0.15) is 0 Å². The Hall–Kier alpha value is -2.08.